The number of carbonyl (C=O) groups excluding carboxylic acids is 2. The zero-order chi connectivity index (χ0) is 10.8. The van der Waals surface area contributed by atoms with Crippen LogP contribution in [0.15, 0.2) is 12.2 Å². The minimum Gasteiger partial charge on any atom is -0.465 e. The Balaban J connectivity index is 1.77. The van der Waals surface area contributed by atoms with Gasteiger partial charge in [-0.15, -0.1) is 0 Å². The Morgan fingerprint density at radius 3 is 2.67 bits per heavy atom. The topological polar surface area (TPSA) is 43.4 Å². The molecular weight excluding hydrogens is 192 g/mol. The summed E-state index contributed by atoms with van der Waals surface area (Å²) in [6.45, 7) is 1.75. The molecule has 82 valence electrons. The quantitative estimate of drug-likeness (QED) is 0.522. The molecule has 0 heterocycles. The molecule has 0 saturated heterocycles. The van der Waals surface area contributed by atoms with Gasteiger partial charge in [-0.05, 0) is 31.6 Å². The molecule has 3 heteroatoms. The number of hydrogen-bond donors (Lipinski definition) is 0. The summed E-state index contributed by atoms with van der Waals surface area (Å²) < 4.78 is 5.10. The number of fused-ring (bicyclic) bond motifs is 2. The van der Waals surface area contributed by atoms with Crippen molar-refractivity contribution >= 4 is 11.8 Å². The Labute approximate surface area is 89.5 Å². The van der Waals surface area contributed by atoms with Crippen molar-refractivity contribution in [2.45, 2.75) is 26.2 Å². The molecule has 0 aromatic carbocycles. The summed E-state index contributed by atoms with van der Waals surface area (Å²) in [5.41, 5.74) is 0. The van der Waals surface area contributed by atoms with Crippen LogP contribution in [0.3, 0.4) is 0 Å². The number of esters is 1. The van der Waals surface area contributed by atoms with E-state index in [1.165, 1.54) is 6.92 Å². The standard InChI is InChI=1S/C12H16O3/c1-8(13)4-5-15-12(14)11-7-9-2-3-10(11)6-9/h2-3,9-11H,4-7H2,1H3. The number of ether oxygens (including phenoxy) is 1. The second-order valence-corrected chi connectivity index (χ2v) is 4.51. The van der Waals surface area contributed by atoms with Crippen molar-refractivity contribution in [3.05, 3.63) is 12.2 Å². The van der Waals surface area contributed by atoms with Gasteiger partial charge in [0.1, 0.15) is 5.78 Å². The van der Waals surface area contributed by atoms with Gasteiger partial charge in [0.05, 0.1) is 12.5 Å². The number of carbonyl (C=O) groups is 2. The first-order valence-corrected chi connectivity index (χ1v) is 5.51. The molecule has 0 aromatic heterocycles. The normalized spacial score (nSPS) is 31.9. The SMILES string of the molecule is CC(=O)CCOC(=O)C1CC2C=CC1C2. The van der Waals surface area contributed by atoms with Gasteiger partial charge in [0.25, 0.3) is 0 Å². The minimum absolute atomic E-state index is 0.0481. The van der Waals surface area contributed by atoms with E-state index in [2.05, 4.69) is 12.2 Å². The third kappa shape index (κ3) is 2.28. The molecule has 0 aromatic rings. The molecule has 3 atom stereocenters. The maximum absolute atomic E-state index is 11.6. The largest absolute Gasteiger partial charge is 0.465 e. The van der Waals surface area contributed by atoms with Gasteiger partial charge in [0.15, 0.2) is 0 Å². The van der Waals surface area contributed by atoms with Gasteiger partial charge in [-0.3, -0.25) is 9.59 Å². The first-order chi connectivity index (χ1) is 7.16. The summed E-state index contributed by atoms with van der Waals surface area (Å²) in [4.78, 5) is 22.3. The molecule has 1 fully saturated rings. The second-order valence-electron chi connectivity index (χ2n) is 4.51. The first kappa shape index (κ1) is 10.4. The van der Waals surface area contributed by atoms with E-state index < -0.39 is 0 Å². The molecule has 0 radical (unpaired) electrons. The third-order valence-electron chi connectivity index (χ3n) is 3.28. The summed E-state index contributed by atoms with van der Waals surface area (Å²) in [7, 11) is 0. The van der Waals surface area contributed by atoms with E-state index in [1.54, 1.807) is 0 Å². The summed E-state index contributed by atoms with van der Waals surface area (Å²) in [5.74, 6) is 0.968. The maximum Gasteiger partial charge on any atom is 0.309 e. The van der Waals surface area contributed by atoms with Gasteiger partial charge < -0.3 is 4.74 Å². The lowest BCUT2D eigenvalue weighted by molar-refractivity contribution is -0.149. The smallest absolute Gasteiger partial charge is 0.309 e. The van der Waals surface area contributed by atoms with Crippen molar-refractivity contribution in [3.63, 3.8) is 0 Å². The predicted molar refractivity (Wildman–Crippen MR) is 55.1 cm³/mol. The van der Waals surface area contributed by atoms with Gasteiger partial charge >= 0.3 is 5.97 Å². The molecule has 0 N–H and O–H groups in total. The van der Waals surface area contributed by atoms with Crippen molar-refractivity contribution in [3.8, 4) is 0 Å². The molecule has 3 unspecified atom stereocenters. The molecule has 2 aliphatic carbocycles. The summed E-state index contributed by atoms with van der Waals surface area (Å²) >= 11 is 0. The highest BCUT2D eigenvalue weighted by atomic mass is 16.5. The molecular formula is C12H16O3. The lowest BCUT2D eigenvalue weighted by Crippen LogP contribution is -2.22. The lowest BCUT2D eigenvalue weighted by Gasteiger charge is -2.16. The number of hydrogen-bond acceptors (Lipinski definition) is 3. The first-order valence-electron chi connectivity index (χ1n) is 5.51. The van der Waals surface area contributed by atoms with Crippen molar-refractivity contribution in [1.29, 1.82) is 0 Å². The van der Waals surface area contributed by atoms with Crippen LogP contribution in [0, 0.1) is 17.8 Å². The van der Waals surface area contributed by atoms with Gasteiger partial charge in [0.2, 0.25) is 0 Å². The van der Waals surface area contributed by atoms with Crippen molar-refractivity contribution in [1.82, 2.24) is 0 Å². The molecule has 0 spiro atoms. The van der Waals surface area contributed by atoms with E-state index in [4.69, 9.17) is 4.74 Å². The van der Waals surface area contributed by atoms with Gasteiger partial charge in [-0.2, -0.15) is 0 Å². The van der Waals surface area contributed by atoms with Crippen LogP contribution in [0.25, 0.3) is 0 Å². The van der Waals surface area contributed by atoms with Crippen LogP contribution in [0.4, 0.5) is 0 Å². The Bertz CT molecular complexity index is 306. The fourth-order valence-corrected chi connectivity index (χ4v) is 2.45. The van der Waals surface area contributed by atoms with E-state index in [9.17, 15) is 9.59 Å². The van der Waals surface area contributed by atoms with Crippen LogP contribution in [0.5, 0.6) is 0 Å². The van der Waals surface area contributed by atoms with Gasteiger partial charge in [-0.1, -0.05) is 12.2 Å². The van der Waals surface area contributed by atoms with Crippen LogP contribution in [-0.2, 0) is 14.3 Å². The monoisotopic (exact) mass is 208 g/mol. The lowest BCUT2D eigenvalue weighted by atomic mass is 9.94. The van der Waals surface area contributed by atoms with Crippen LogP contribution in [0.1, 0.15) is 26.2 Å². The van der Waals surface area contributed by atoms with Crippen LogP contribution in [0.2, 0.25) is 0 Å². The Kier molecular flexibility index (Phi) is 2.89. The molecule has 15 heavy (non-hydrogen) atoms. The molecule has 0 aliphatic heterocycles. The Morgan fingerprint density at radius 2 is 2.13 bits per heavy atom. The van der Waals surface area contributed by atoms with Crippen molar-refractivity contribution < 1.29 is 14.3 Å². The number of Topliss-reactive ketones (excluding diaryl/α,β-unsaturated/α-hetero) is 1. The van der Waals surface area contributed by atoms with Crippen LogP contribution < -0.4 is 0 Å². The predicted octanol–water partition coefficient (Wildman–Crippen LogP) is 1.72. The number of ketones is 1. The maximum atomic E-state index is 11.6. The minimum atomic E-state index is -0.117. The third-order valence-corrected chi connectivity index (χ3v) is 3.28. The van der Waals surface area contributed by atoms with Gasteiger partial charge in [-0.25, -0.2) is 0 Å². The highest BCUT2D eigenvalue weighted by Crippen LogP contribution is 2.43. The average molecular weight is 208 g/mol. The highest BCUT2D eigenvalue weighted by Gasteiger charge is 2.40. The Hall–Kier alpha value is -1.12. The Morgan fingerprint density at radius 1 is 1.33 bits per heavy atom. The van der Waals surface area contributed by atoms with E-state index in [1.807, 2.05) is 0 Å². The van der Waals surface area contributed by atoms with Gasteiger partial charge in [0, 0.05) is 6.42 Å². The van der Waals surface area contributed by atoms with Crippen molar-refractivity contribution in [2.75, 3.05) is 6.61 Å². The fourth-order valence-electron chi connectivity index (χ4n) is 2.45. The summed E-state index contributed by atoms with van der Waals surface area (Å²) in [5, 5.41) is 0. The van der Waals surface area contributed by atoms with Crippen LogP contribution >= 0.6 is 0 Å². The van der Waals surface area contributed by atoms with Crippen LogP contribution in [-0.4, -0.2) is 18.4 Å². The zero-order valence-corrected chi connectivity index (χ0v) is 8.94. The number of allylic oxidation sites excluding steroid dienone is 2. The highest BCUT2D eigenvalue weighted by molar-refractivity contribution is 5.77. The van der Waals surface area contributed by atoms with E-state index in [0.717, 1.165) is 12.8 Å². The molecule has 0 amide bonds. The van der Waals surface area contributed by atoms with Crippen molar-refractivity contribution in [2.24, 2.45) is 17.8 Å². The van der Waals surface area contributed by atoms with E-state index in [-0.39, 0.29) is 24.3 Å². The molecule has 2 rings (SSSR count). The second kappa shape index (κ2) is 4.17. The molecule has 1 saturated carbocycles. The number of rotatable bonds is 4. The molecule has 3 nitrogen and oxygen atoms in total. The fraction of sp³-hybridized carbons (Fsp3) is 0.667. The summed E-state index contributed by atoms with van der Waals surface area (Å²) in [6, 6.07) is 0. The van der Waals surface area contributed by atoms with E-state index in [0.29, 0.717) is 18.3 Å². The zero-order valence-electron chi connectivity index (χ0n) is 8.94. The summed E-state index contributed by atoms with van der Waals surface area (Å²) in [6.07, 6.45) is 6.70. The molecule has 2 bridgehead atoms. The molecule has 2 aliphatic rings. The van der Waals surface area contributed by atoms with E-state index >= 15 is 0 Å². The average Bonchev–Trinajstić information content (AvgIpc) is 2.77.